The molecule has 1 heterocycles. The first-order valence-corrected chi connectivity index (χ1v) is 6.93. The fourth-order valence-electron chi connectivity index (χ4n) is 2.23. The predicted molar refractivity (Wildman–Crippen MR) is 76.5 cm³/mol. The molecule has 1 atom stereocenters. The van der Waals surface area contributed by atoms with Crippen molar-refractivity contribution in [1.29, 1.82) is 0 Å². The van der Waals surface area contributed by atoms with E-state index < -0.39 is 0 Å². The van der Waals surface area contributed by atoms with Gasteiger partial charge in [0.1, 0.15) is 11.6 Å². The van der Waals surface area contributed by atoms with Gasteiger partial charge in [0, 0.05) is 25.1 Å². The molecule has 2 rings (SSSR count). The molecular formula is C15H22FN3. The van der Waals surface area contributed by atoms with E-state index in [4.69, 9.17) is 5.73 Å². The Bertz CT molecular complexity index is 560. The van der Waals surface area contributed by atoms with Gasteiger partial charge in [-0.25, -0.2) is 9.37 Å². The summed E-state index contributed by atoms with van der Waals surface area (Å²) >= 11 is 0. The van der Waals surface area contributed by atoms with Crippen LogP contribution in [0.15, 0.2) is 18.2 Å². The number of aryl methyl sites for hydroxylation is 1. The first kappa shape index (κ1) is 14.0. The first-order chi connectivity index (χ1) is 9.02. The van der Waals surface area contributed by atoms with Crippen LogP contribution in [0.4, 0.5) is 4.39 Å². The Hall–Kier alpha value is -1.42. The molecule has 0 fully saturated rings. The molecule has 3 nitrogen and oxygen atoms in total. The van der Waals surface area contributed by atoms with Crippen molar-refractivity contribution in [1.82, 2.24) is 9.55 Å². The number of imidazole rings is 1. The highest BCUT2D eigenvalue weighted by Gasteiger charge is 2.15. The summed E-state index contributed by atoms with van der Waals surface area (Å²) in [6.45, 7) is 7.23. The zero-order chi connectivity index (χ0) is 14.0. The van der Waals surface area contributed by atoms with E-state index in [2.05, 4.69) is 30.3 Å². The van der Waals surface area contributed by atoms with Crippen molar-refractivity contribution in [2.45, 2.75) is 46.2 Å². The summed E-state index contributed by atoms with van der Waals surface area (Å²) in [7, 11) is 0. The summed E-state index contributed by atoms with van der Waals surface area (Å²) in [5, 5.41) is 0. The van der Waals surface area contributed by atoms with Gasteiger partial charge in [-0.15, -0.1) is 0 Å². The van der Waals surface area contributed by atoms with Crippen molar-refractivity contribution in [2.24, 2.45) is 11.7 Å². The van der Waals surface area contributed by atoms with Crippen molar-refractivity contribution < 1.29 is 4.39 Å². The van der Waals surface area contributed by atoms with Gasteiger partial charge in [-0.1, -0.05) is 20.8 Å². The molecule has 1 aromatic heterocycles. The van der Waals surface area contributed by atoms with Crippen molar-refractivity contribution in [3.05, 3.63) is 29.8 Å². The molecule has 4 heteroatoms. The molecule has 2 aromatic rings. The fourth-order valence-corrected chi connectivity index (χ4v) is 2.23. The van der Waals surface area contributed by atoms with E-state index in [9.17, 15) is 4.39 Å². The molecule has 0 saturated heterocycles. The van der Waals surface area contributed by atoms with Crippen LogP contribution in [0.5, 0.6) is 0 Å². The second-order valence-corrected chi connectivity index (χ2v) is 5.42. The van der Waals surface area contributed by atoms with Gasteiger partial charge in [0.25, 0.3) is 0 Å². The van der Waals surface area contributed by atoms with Gasteiger partial charge in [-0.05, 0) is 24.5 Å². The van der Waals surface area contributed by atoms with E-state index in [0.717, 1.165) is 36.2 Å². The van der Waals surface area contributed by atoms with Crippen molar-refractivity contribution in [3.63, 3.8) is 0 Å². The lowest BCUT2D eigenvalue weighted by atomic mass is 10.0. The number of nitrogens with two attached hydrogens (primary N) is 1. The summed E-state index contributed by atoms with van der Waals surface area (Å²) in [5.74, 6) is 1.13. The molecule has 0 aliphatic heterocycles. The molecule has 0 spiro atoms. The highest BCUT2D eigenvalue weighted by Crippen LogP contribution is 2.20. The van der Waals surface area contributed by atoms with E-state index in [1.165, 1.54) is 12.1 Å². The van der Waals surface area contributed by atoms with Crippen molar-refractivity contribution >= 4 is 11.0 Å². The molecule has 1 unspecified atom stereocenters. The van der Waals surface area contributed by atoms with Crippen molar-refractivity contribution in [3.8, 4) is 0 Å². The minimum Gasteiger partial charge on any atom is -0.328 e. The number of benzene rings is 1. The Morgan fingerprint density at radius 3 is 2.74 bits per heavy atom. The second kappa shape index (κ2) is 5.70. The van der Waals surface area contributed by atoms with Crippen LogP contribution in [-0.2, 0) is 13.0 Å². The van der Waals surface area contributed by atoms with Gasteiger partial charge in [-0.2, -0.15) is 0 Å². The third kappa shape index (κ3) is 2.95. The molecule has 0 radical (unpaired) electrons. The zero-order valence-corrected chi connectivity index (χ0v) is 11.9. The standard InChI is InChI=1S/C15H22FN3/c1-4-7-19-14-6-5-11(16)8-13(14)18-15(19)9-12(17)10(2)3/h5-6,8,10,12H,4,7,9,17H2,1-3H3. The number of rotatable bonds is 5. The van der Waals surface area contributed by atoms with Crippen LogP contribution in [0, 0.1) is 11.7 Å². The van der Waals surface area contributed by atoms with E-state index in [1.54, 1.807) is 6.07 Å². The molecule has 0 amide bonds. The highest BCUT2D eigenvalue weighted by atomic mass is 19.1. The Morgan fingerprint density at radius 2 is 2.11 bits per heavy atom. The second-order valence-electron chi connectivity index (χ2n) is 5.42. The maximum Gasteiger partial charge on any atom is 0.125 e. The largest absolute Gasteiger partial charge is 0.328 e. The Morgan fingerprint density at radius 1 is 1.37 bits per heavy atom. The SMILES string of the molecule is CCCn1c(CC(N)C(C)C)nc2cc(F)ccc21. The smallest absolute Gasteiger partial charge is 0.125 e. The lowest BCUT2D eigenvalue weighted by Crippen LogP contribution is -2.30. The molecule has 0 aliphatic rings. The van der Waals surface area contributed by atoms with Crippen LogP contribution in [0.1, 0.15) is 33.0 Å². The molecule has 104 valence electrons. The maximum atomic E-state index is 13.3. The van der Waals surface area contributed by atoms with E-state index in [0.29, 0.717) is 5.92 Å². The minimum atomic E-state index is -0.242. The summed E-state index contributed by atoms with van der Waals surface area (Å²) in [6, 6.07) is 4.86. The topological polar surface area (TPSA) is 43.8 Å². The van der Waals surface area contributed by atoms with Gasteiger partial charge in [0.2, 0.25) is 0 Å². The quantitative estimate of drug-likeness (QED) is 0.900. The normalized spacial score (nSPS) is 13.4. The molecule has 0 aliphatic carbocycles. The van der Waals surface area contributed by atoms with Crippen molar-refractivity contribution in [2.75, 3.05) is 0 Å². The number of nitrogens with zero attached hydrogens (tertiary/aromatic N) is 2. The summed E-state index contributed by atoms with van der Waals surface area (Å²) in [4.78, 5) is 4.56. The monoisotopic (exact) mass is 263 g/mol. The zero-order valence-electron chi connectivity index (χ0n) is 11.9. The average Bonchev–Trinajstić information content (AvgIpc) is 2.67. The molecule has 0 bridgehead atoms. The molecular weight excluding hydrogens is 241 g/mol. The van der Waals surface area contributed by atoms with E-state index in [1.807, 2.05) is 0 Å². The van der Waals surface area contributed by atoms with E-state index in [-0.39, 0.29) is 11.9 Å². The van der Waals surface area contributed by atoms with Gasteiger partial charge < -0.3 is 10.3 Å². The Labute approximate surface area is 113 Å². The first-order valence-electron chi connectivity index (χ1n) is 6.93. The van der Waals surface area contributed by atoms with Gasteiger partial charge in [-0.3, -0.25) is 0 Å². The van der Waals surface area contributed by atoms with Gasteiger partial charge in [0.15, 0.2) is 0 Å². The summed E-state index contributed by atoms with van der Waals surface area (Å²) < 4.78 is 15.4. The number of halogens is 1. The third-order valence-corrected chi connectivity index (χ3v) is 3.51. The highest BCUT2D eigenvalue weighted by molar-refractivity contribution is 5.76. The molecule has 19 heavy (non-hydrogen) atoms. The molecule has 1 aromatic carbocycles. The van der Waals surface area contributed by atoms with E-state index >= 15 is 0 Å². The predicted octanol–water partition coefficient (Wildman–Crippen LogP) is 3.11. The Kier molecular flexibility index (Phi) is 4.20. The lowest BCUT2D eigenvalue weighted by Gasteiger charge is -2.16. The maximum absolute atomic E-state index is 13.3. The van der Waals surface area contributed by atoms with Gasteiger partial charge in [0.05, 0.1) is 11.0 Å². The Balaban J connectivity index is 2.43. The van der Waals surface area contributed by atoms with Crippen LogP contribution in [0.3, 0.4) is 0 Å². The lowest BCUT2D eigenvalue weighted by molar-refractivity contribution is 0.472. The molecule has 0 saturated carbocycles. The number of aromatic nitrogens is 2. The average molecular weight is 263 g/mol. The number of fused-ring (bicyclic) bond motifs is 1. The van der Waals surface area contributed by atoms with Crippen LogP contribution in [-0.4, -0.2) is 15.6 Å². The van der Waals surface area contributed by atoms with Crippen LogP contribution in [0.2, 0.25) is 0 Å². The van der Waals surface area contributed by atoms with Crippen LogP contribution >= 0.6 is 0 Å². The summed E-state index contributed by atoms with van der Waals surface area (Å²) in [6.07, 6.45) is 1.75. The molecule has 2 N–H and O–H groups in total. The van der Waals surface area contributed by atoms with Gasteiger partial charge >= 0.3 is 0 Å². The van der Waals surface area contributed by atoms with Crippen LogP contribution < -0.4 is 5.73 Å². The number of hydrogen-bond donors (Lipinski definition) is 1. The minimum absolute atomic E-state index is 0.0808. The number of hydrogen-bond acceptors (Lipinski definition) is 2. The summed E-state index contributed by atoms with van der Waals surface area (Å²) in [5.41, 5.74) is 7.85. The fraction of sp³-hybridized carbons (Fsp3) is 0.533. The van der Waals surface area contributed by atoms with Crippen LogP contribution in [0.25, 0.3) is 11.0 Å². The third-order valence-electron chi connectivity index (χ3n) is 3.51.